The van der Waals surface area contributed by atoms with Crippen molar-refractivity contribution in [2.45, 2.75) is 31.3 Å². The Labute approximate surface area is 163 Å². The fraction of sp³-hybridized carbons (Fsp3) is 0.381. The SMILES string of the molecule is CN1C2CCC1CN(c1cnc3ccccc3c1)CC2.O=C(O)/C=C/C(=O)O. The predicted molar refractivity (Wildman–Crippen MR) is 108 cm³/mol. The zero-order valence-corrected chi connectivity index (χ0v) is 15.9. The molecule has 0 radical (unpaired) electrons. The molecule has 2 unspecified atom stereocenters. The number of aliphatic carboxylic acids is 2. The number of anilines is 1. The second kappa shape index (κ2) is 8.84. The van der Waals surface area contributed by atoms with Crippen molar-refractivity contribution in [3.63, 3.8) is 0 Å². The molecule has 3 heterocycles. The van der Waals surface area contributed by atoms with Gasteiger partial charge in [-0.25, -0.2) is 9.59 Å². The van der Waals surface area contributed by atoms with Crippen molar-refractivity contribution in [1.82, 2.24) is 9.88 Å². The molecule has 7 nitrogen and oxygen atoms in total. The predicted octanol–water partition coefficient (Wildman–Crippen LogP) is 2.62. The summed E-state index contributed by atoms with van der Waals surface area (Å²) in [4.78, 5) is 28.8. The van der Waals surface area contributed by atoms with Crippen LogP contribution in [-0.2, 0) is 9.59 Å². The lowest BCUT2D eigenvalue weighted by molar-refractivity contribution is -0.134. The van der Waals surface area contributed by atoms with E-state index in [1.54, 1.807) is 0 Å². The van der Waals surface area contributed by atoms with Gasteiger partial charge in [-0.15, -0.1) is 0 Å². The Morgan fingerprint density at radius 2 is 1.75 bits per heavy atom. The van der Waals surface area contributed by atoms with Gasteiger partial charge in [-0.3, -0.25) is 9.88 Å². The number of carbonyl (C=O) groups is 2. The van der Waals surface area contributed by atoms with Gasteiger partial charge in [0.15, 0.2) is 0 Å². The van der Waals surface area contributed by atoms with Crippen LogP contribution in [0.5, 0.6) is 0 Å². The van der Waals surface area contributed by atoms with Crippen LogP contribution < -0.4 is 4.90 Å². The van der Waals surface area contributed by atoms with Crippen molar-refractivity contribution in [2.75, 3.05) is 25.0 Å². The summed E-state index contributed by atoms with van der Waals surface area (Å²) < 4.78 is 0. The number of hydrogen-bond acceptors (Lipinski definition) is 5. The Bertz CT molecular complexity index is 867. The van der Waals surface area contributed by atoms with E-state index in [1.165, 1.54) is 30.3 Å². The first-order valence-electron chi connectivity index (χ1n) is 9.39. The number of para-hydroxylation sites is 1. The topological polar surface area (TPSA) is 94.0 Å². The first-order chi connectivity index (χ1) is 13.4. The number of fused-ring (bicyclic) bond motifs is 3. The quantitative estimate of drug-likeness (QED) is 0.787. The number of aromatic nitrogens is 1. The largest absolute Gasteiger partial charge is 0.478 e. The highest BCUT2D eigenvalue weighted by molar-refractivity contribution is 5.89. The molecule has 0 saturated carbocycles. The molecule has 2 bridgehead atoms. The first kappa shape index (κ1) is 19.8. The van der Waals surface area contributed by atoms with E-state index < -0.39 is 11.9 Å². The third-order valence-corrected chi connectivity index (χ3v) is 5.46. The number of hydrogen-bond donors (Lipinski definition) is 2. The van der Waals surface area contributed by atoms with E-state index in [1.807, 2.05) is 6.20 Å². The minimum absolute atomic E-state index is 0.558. The van der Waals surface area contributed by atoms with Crippen molar-refractivity contribution in [1.29, 1.82) is 0 Å². The maximum Gasteiger partial charge on any atom is 0.328 e. The molecule has 2 saturated heterocycles. The minimum atomic E-state index is -1.26. The van der Waals surface area contributed by atoms with Crippen LogP contribution in [0.1, 0.15) is 19.3 Å². The Balaban J connectivity index is 0.000000242. The number of benzene rings is 1. The van der Waals surface area contributed by atoms with Crippen molar-refractivity contribution >= 4 is 28.5 Å². The molecule has 2 aliphatic rings. The van der Waals surface area contributed by atoms with Gasteiger partial charge in [0.1, 0.15) is 0 Å². The molecule has 4 rings (SSSR count). The van der Waals surface area contributed by atoms with Gasteiger partial charge in [0, 0.05) is 42.7 Å². The van der Waals surface area contributed by atoms with Gasteiger partial charge in [0.25, 0.3) is 0 Å². The van der Waals surface area contributed by atoms with Gasteiger partial charge >= 0.3 is 11.9 Å². The average Bonchev–Trinajstić information content (AvgIpc) is 2.92. The summed E-state index contributed by atoms with van der Waals surface area (Å²) >= 11 is 0. The third-order valence-electron chi connectivity index (χ3n) is 5.46. The maximum absolute atomic E-state index is 9.55. The summed E-state index contributed by atoms with van der Waals surface area (Å²) in [6.07, 6.45) is 7.16. The summed E-state index contributed by atoms with van der Waals surface area (Å²) in [6.45, 7) is 2.30. The van der Waals surface area contributed by atoms with E-state index in [2.05, 4.69) is 52.2 Å². The van der Waals surface area contributed by atoms with E-state index >= 15 is 0 Å². The summed E-state index contributed by atoms with van der Waals surface area (Å²) in [5.74, 6) is -2.51. The second-order valence-electron chi connectivity index (χ2n) is 7.18. The van der Waals surface area contributed by atoms with Crippen LogP contribution in [0.15, 0.2) is 48.7 Å². The van der Waals surface area contributed by atoms with Crippen molar-refractivity contribution in [3.8, 4) is 0 Å². The Morgan fingerprint density at radius 3 is 2.46 bits per heavy atom. The summed E-state index contributed by atoms with van der Waals surface area (Å²) in [5.41, 5.74) is 2.37. The Morgan fingerprint density at radius 1 is 1.07 bits per heavy atom. The third kappa shape index (κ3) is 4.86. The Kier molecular flexibility index (Phi) is 6.26. The number of likely N-dealkylation sites (N-methyl/N-ethyl adjacent to an activating group) is 1. The van der Waals surface area contributed by atoms with Gasteiger partial charge in [0.05, 0.1) is 17.4 Å². The smallest absolute Gasteiger partial charge is 0.328 e. The molecule has 0 aliphatic carbocycles. The number of carboxylic acid groups (broad SMARTS) is 2. The second-order valence-corrected chi connectivity index (χ2v) is 7.18. The molecule has 2 aliphatic heterocycles. The first-order valence-corrected chi connectivity index (χ1v) is 9.39. The van der Waals surface area contributed by atoms with Crippen molar-refractivity contribution in [3.05, 3.63) is 48.7 Å². The molecule has 1 aromatic carbocycles. The van der Waals surface area contributed by atoms with Crippen LogP contribution in [0.3, 0.4) is 0 Å². The van der Waals surface area contributed by atoms with Crippen LogP contribution in [0.25, 0.3) is 10.9 Å². The molecule has 28 heavy (non-hydrogen) atoms. The Hall–Kier alpha value is -2.93. The molecule has 2 aromatic rings. The standard InChI is InChI=1S/C17H21N3.C4H4O4/c1-19-14-6-7-15(19)12-20(9-8-14)16-10-13-4-2-3-5-17(13)18-11-16;5-3(6)1-2-4(7)8/h2-5,10-11,14-15H,6-9,12H2,1H3;1-2H,(H,5,6)(H,7,8)/b;2-1+. The highest BCUT2D eigenvalue weighted by Gasteiger charge is 2.34. The van der Waals surface area contributed by atoms with Crippen LogP contribution in [0.2, 0.25) is 0 Å². The molecule has 148 valence electrons. The summed E-state index contributed by atoms with van der Waals surface area (Å²) in [6, 6.07) is 12.2. The van der Waals surface area contributed by atoms with E-state index in [0.29, 0.717) is 18.2 Å². The molecule has 2 atom stereocenters. The molecular formula is C21H25N3O4. The van der Waals surface area contributed by atoms with Gasteiger partial charge in [0.2, 0.25) is 0 Å². The van der Waals surface area contributed by atoms with Crippen LogP contribution in [0.4, 0.5) is 5.69 Å². The molecular weight excluding hydrogens is 358 g/mol. The normalized spacial score (nSPS) is 22.0. The minimum Gasteiger partial charge on any atom is -0.478 e. The highest BCUT2D eigenvalue weighted by atomic mass is 16.4. The lowest BCUT2D eigenvalue weighted by Gasteiger charge is -2.27. The van der Waals surface area contributed by atoms with Crippen LogP contribution >= 0.6 is 0 Å². The fourth-order valence-electron chi connectivity index (χ4n) is 3.92. The van der Waals surface area contributed by atoms with Gasteiger partial charge < -0.3 is 15.1 Å². The molecule has 1 aromatic heterocycles. The fourth-order valence-corrected chi connectivity index (χ4v) is 3.92. The molecule has 0 amide bonds. The van der Waals surface area contributed by atoms with E-state index in [-0.39, 0.29) is 0 Å². The van der Waals surface area contributed by atoms with E-state index in [9.17, 15) is 9.59 Å². The lowest BCUT2D eigenvalue weighted by atomic mass is 10.1. The van der Waals surface area contributed by atoms with Crippen LogP contribution in [0, 0.1) is 0 Å². The maximum atomic E-state index is 9.55. The monoisotopic (exact) mass is 383 g/mol. The zero-order chi connectivity index (χ0) is 20.1. The number of pyridine rings is 1. The number of carboxylic acids is 2. The van der Waals surface area contributed by atoms with Gasteiger partial charge in [-0.2, -0.15) is 0 Å². The number of nitrogens with zero attached hydrogens (tertiary/aromatic N) is 3. The molecule has 7 heteroatoms. The zero-order valence-electron chi connectivity index (χ0n) is 15.9. The molecule has 2 N–H and O–H groups in total. The van der Waals surface area contributed by atoms with Crippen LogP contribution in [-0.4, -0.2) is 64.3 Å². The van der Waals surface area contributed by atoms with Gasteiger partial charge in [-0.05, 0) is 38.4 Å². The highest BCUT2D eigenvalue weighted by Crippen LogP contribution is 2.31. The number of rotatable bonds is 3. The summed E-state index contributed by atoms with van der Waals surface area (Å²) in [7, 11) is 2.30. The van der Waals surface area contributed by atoms with Crippen molar-refractivity contribution in [2.24, 2.45) is 0 Å². The van der Waals surface area contributed by atoms with E-state index in [4.69, 9.17) is 10.2 Å². The summed E-state index contributed by atoms with van der Waals surface area (Å²) in [5, 5.41) is 16.9. The van der Waals surface area contributed by atoms with Crippen molar-refractivity contribution < 1.29 is 19.8 Å². The average molecular weight is 383 g/mol. The molecule has 0 spiro atoms. The van der Waals surface area contributed by atoms with Gasteiger partial charge in [-0.1, -0.05) is 18.2 Å². The molecule has 2 fully saturated rings. The lowest BCUT2D eigenvalue weighted by Crippen LogP contribution is -2.36. The van der Waals surface area contributed by atoms with E-state index in [0.717, 1.165) is 24.6 Å².